The third kappa shape index (κ3) is 5.24. The van der Waals surface area contributed by atoms with Crippen LogP contribution in [0.15, 0.2) is 29.2 Å². The molecule has 1 aromatic rings. The average molecular weight is 369 g/mol. The molecule has 1 amide bonds. The zero-order chi connectivity index (χ0) is 18.4. The van der Waals surface area contributed by atoms with Crippen molar-refractivity contribution in [3.8, 4) is 0 Å². The topological polar surface area (TPSA) is 102 Å². The first-order chi connectivity index (χ1) is 11.8. The molecule has 1 heterocycles. The van der Waals surface area contributed by atoms with E-state index in [1.165, 1.54) is 19.2 Å². The summed E-state index contributed by atoms with van der Waals surface area (Å²) in [5.41, 5.74) is 6.35. The summed E-state index contributed by atoms with van der Waals surface area (Å²) in [5.74, 6) is 0.125. The molecular weight excluding hydrogens is 342 g/mol. The number of benzene rings is 1. The smallest absolute Gasteiger partial charge is 0.253 e. The third-order valence-electron chi connectivity index (χ3n) is 4.48. The van der Waals surface area contributed by atoms with Gasteiger partial charge in [-0.3, -0.25) is 4.79 Å². The highest BCUT2D eigenvalue weighted by atomic mass is 32.2. The summed E-state index contributed by atoms with van der Waals surface area (Å²) >= 11 is 0. The van der Waals surface area contributed by atoms with E-state index in [1.54, 1.807) is 17.0 Å². The lowest BCUT2D eigenvalue weighted by molar-refractivity contribution is 0.0660. The number of carbonyl (C=O) groups excluding carboxylic acids is 1. The lowest BCUT2D eigenvalue weighted by Crippen LogP contribution is -2.45. The first-order valence-electron chi connectivity index (χ1n) is 8.48. The van der Waals surface area contributed by atoms with Crippen LogP contribution in [0.2, 0.25) is 0 Å². The van der Waals surface area contributed by atoms with Gasteiger partial charge in [0.25, 0.3) is 5.91 Å². The maximum atomic E-state index is 12.8. The van der Waals surface area contributed by atoms with Crippen LogP contribution in [0, 0.1) is 5.92 Å². The van der Waals surface area contributed by atoms with Crippen LogP contribution in [0.1, 0.15) is 30.1 Å². The molecule has 0 bridgehead atoms. The molecule has 7 nitrogen and oxygen atoms in total. The van der Waals surface area contributed by atoms with Crippen LogP contribution in [0.5, 0.6) is 0 Å². The van der Waals surface area contributed by atoms with E-state index >= 15 is 0 Å². The monoisotopic (exact) mass is 369 g/mol. The van der Waals surface area contributed by atoms with Gasteiger partial charge >= 0.3 is 0 Å². The Bertz CT molecular complexity index is 691. The summed E-state index contributed by atoms with van der Waals surface area (Å²) in [7, 11) is -2.16. The van der Waals surface area contributed by atoms with E-state index in [-0.39, 0.29) is 35.9 Å². The number of methoxy groups -OCH3 is 1. The van der Waals surface area contributed by atoms with Crippen molar-refractivity contribution in [3.05, 3.63) is 29.8 Å². The molecule has 1 fully saturated rings. The van der Waals surface area contributed by atoms with Crippen LogP contribution < -0.4 is 10.5 Å². The Hall–Kier alpha value is -1.48. The van der Waals surface area contributed by atoms with E-state index in [0.29, 0.717) is 18.7 Å². The summed E-state index contributed by atoms with van der Waals surface area (Å²) in [6.45, 7) is 3.70. The van der Waals surface area contributed by atoms with E-state index < -0.39 is 10.0 Å². The minimum Gasteiger partial charge on any atom is -0.383 e. The molecule has 2 unspecified atom stereocenters. The first kappa shape index (κ1) is 19.8. The quantitative estimate of drug-likeness (QED) is 0.693. The van der Waals surface area contributed by atoms with Gasteiger partial charge in [-0.25, -0.2) is 13.1 Å². The zero-order valence-electron chi connectivity index (χ0n) is 14.8. The Morgan fingerprint density at radius 3 is 2.92 bits per heavy atom. The van der Waals surface area contributed by atoms with Gasteiger partial charge in [-0.05, 0) is 43.9 Å². The van der Waals surface area contributed by atoms with Gasteiger partial charge in [0.15, 0.2) is 0 Å². The fourth-order valence-corrected chi connectivity index (χ4v) is 4.02. The number of nitrogens with one attached hydrogen (secondary N) is 1. The second-order valence-electron chi connectivity index (χ2n) is 6.43. The zero-order valence-corrected chi connectivity index (χ0v) is 15.6. The van der Waals surface area contributed by atoms with Gasteiger partial charge in [0.2, 0.25) is 10.0 Å². The number of nitrogens with zero attached hydrogens (tertiary/aromatic N) is 1. The second-order valence-corrected chi connectivity index (χ2v) is 8.20. The Morgan fingerprint density at radius 1 is 1.48 bits per heavy atom. The summed E-state index contributed by atoms with van der Waals surface area (Å²) in [4.78, 5) is 14.6. The Labute approximate surface area is 149 Å². The molecule has 0 spiro atoms. The van der Waals surface area contributed by atoms with Crippen LogP contribution >= 0.6 is 0 Å². The van der Waals surface area contributed by atoms with E-state index in [2.05, 4.69) is 4.72 Å². The van der Waals surface area contributed by atoms with Gasteiger partial charge in [-0.1, -0.05) is 6.07 Å². The van der Waals surface area contributed by atoms with Gasteiger partial charge in [-0.15, -0.1) is 0 Å². The van der Waals surface area contributed by atoms with E-state index in [1.807, 2.05) is 6.92 Å². The molecule has 1 aliphatic rings. The molecule has 3 N–H and O–H groups in total. The molecule has 1 aliphatic heterocycles. The van der Waals surface area contributed by atoms with Crippen molar-refractivity contribution >= 4 is 15.9 Å². The molecule has 0 radical (unpaired) electrons. The molecule has 0 saturated carbocycles. The molecule has 1 aromatic carbocycles. The Morgan fingerprint density at radius 2 is 2.24 bits per heavy atom. The highest BCUT2D eigenvalue weighted by molar-refractivity contribution is 7.89. The van der Waals surface area contributed by atoms with Crippen molar-refractivity contribution < 1.29 is 17.9 Å². The highest BCUT2D eigenvalue weighted by Gasteiger charge is 2.27. The van der Waals surface area contributed by atoms with Crippen molar-refractivity contribution in [1.29, 1.82) is 0 Å². The Balaban J connectivity index is 2.13. The molecule has 8 heteroatoms. The van der Waals surface area contributed by atoms with Crippen LogP contribution in [0.4, 0.5) is 0 Å². The van der Waals surface area contributed by atoms with Gasteiger partial charge in [0.1, 0.15) is 0 Å². The number of sulfonamides is 1. The summed E-state index contributed by atoms with van der Waals surface area (Å²) in [5, 5.41) is 0. The van der Waals surface area contributed by atoms with Gasteiger partial charge < -0.3 is 15.4 Å². The maximum absolute atomic E-state index is 12.8. The first-order valence-corrected chi connectivity index (χ1v) is 9.97. The number of amides is 1. The number of rotatable bonds is 7. The highest BCUT2D eigenvalue weighted by Crippen LogP contribution is 2.21. The Kier molecular flexibility index (Phi) is 6.95. The van der Waals surface area contributed by atoms with Gasteiger partial charge in [-0.2, -0.15) is 0 Å². The van der Waals surface area contributed by atoms with E-state index in [4.69, 9.17) is 10.5 Å². The minimum absolute atomic E-state index is 0.0345. The third-order valence-corrected chi connectivity index (χ3v) is 5.94. The van der Waals surface area contributed by atoms with E-state index in [0.717, 1.165) is 12.8 Å². The van der Waals surface area contributed by atoms with Gasteiger partial charge in [0, 0.05) is 38.3 Å². The molecule has 2 atom stereocenters. The molecule has 0 aliphatic carbocycles. The molecular formula is C17H27N3O4S. The maximum Gasteiger partial charge on any atom is 0.253 e. The second kappa shape index (κ2) is 8.75. The lowest BCUT2D eigenvalue weighted by atomic mass is 9.92. The lowest BCUT2D eigenvalue weighted by Gasteiger charge is -2.34. The van der Waals surface area contributed by atoms with Gasteiger partial charge in [0.05, 0.1) is 11.5 Å². The average Bonchev–Trinajstić information content (AvgIpc) is 2.61. The number of hydrogen-bond acceptors (Lipinski definition) is 5. The number of nitrogens with two attached hydrogens (primary N) is 1. The standard InChI is InChI=1S/C17H27N3O4S/c1-13(18)15-6-4-9-20(12-15)17(21)14-5-3-7-16(11-14)25(22,23)19-8-10-24-2/h3,5,7,11,13,15,19H,4,6,8-10,12,18H2,1-2H3. The summed E-state index contributed by atoms with van der Waals surface area (Å²) < 4.78 is 31.9. The van der Waals surface area contributed by atoms with Crippen molar-refractivity contribution in [2.75, 3.05) is 33.4 Å². The number of hydrogen-bond donors (Lipinski definition) is 2. The largest absolute Gasteiger partial charge is 0.383 e. The fourth-order valence-electron chi connectivity index (χ4n) is 2.96. The number of likely N-dealkylation sites (tertiary alicyclic amines) is 1. The normalized spacial score (nSPS) is 19.6. The fraction of sp³-hybridized carbons (Fsp3) is 0.588. The molecule has 140 valence electrons. The van der Waals surface area contributed by atoms with Crippen LogP contribution in [-0.4, -0.2) is 58.6 Å². The number of piperidine rings is 1. The number of carbonyl (C=O) groups is 1. The SMILES string of the molecule is COCCNS(=O)(=O)c1cccc(C(=O)N2CCCC(C(C)N)C2)c1. The summed E-state index contributed by atoms with van der Waals surface area (Å²) in [6, 6.07) is 6.17. The summed E-state index contributed by atoms with van der Waals surface area (Å²) in [6.07, 6.45) is 1.92. The molecule has 1 saturated heterocycles. The predicted molar refractivity (Wildman–Crippen MR) is 95.8 cm³/mol. The van der Waals surface area contributed by atoms with Crippen LogP contribution in [0.3, 0.4) is 0 Å². The molecule has 0 aromatic heterocycles. The number of ether oxygens (including phenoxy) is 1. The van der Waals surface area contributed by atoms with Crippen LogP contribution in [0.25, 0.3) is 0 Å². The molecule has 25 heavy (non-hydrogen) atoms. The molecule has 2 rings (SSSR count). The minimum atomic E-state index is -3.66. The predicted octanol–water partition coefficient (Wildman–Crippen LogP) is 0.811. The van der Waals surface area contributed by atoms with E-state index in [9.17, 15) is 13.2 Å². The van der Waals surface area contributed by atoms with Crippen LogP contribution in [-0.2, 0) is 14.8 Å². The van der Waals surface area contributed by atoms with Crippen molar-refractivity contribution in [2.45, 2.75) is 30.7 Å². The van der Waals surface area contributed by atoms with Crippen molar-refractivity contribution in [3.63, 3.8) is 0 Å². The van der Waals surface area contributed by atoms with Crippen molar-refractivity contribution in [2.24, 2.45) is 11.7 Å². The van der Waals surface area contributed by atoms with Crippen molar-refractivity contribution in [1.82, 2.24) is 9.62 Å².